The fourth-order valence-corrected chi connectivity index (χ4v) is 3.52. The maximum Gasteiger partial charge on any atom is 0.125 e. The van der Waals surface area contributed by atoms with Gasteiger partial charge in [-0.3, -0.25) is 0 Å². The molecule has 0 saturated heterocycles. The lowest BCUT2D eigenvalue weighted by Crippen LogP contribution is -2.38. The Morgan fingerprint density at radius 1 is 1.26 bits per heavy atom. The summed E-state index contributed by atoms with van der Waals surface area (Å²) in [5.41, 5.74) is 3.81. The van der Waals surface area contributed by atoms with Crippen LogP contribution in [-0.4, -0.2) is 5.60 Å². The highest BCUT2D eigenvalue weighted by molar-refractivity contribution is 7.08. The highest BCUT2D eigenvalue weighted by Crippen LogP contribution is 2.42. The summed E-state index contributed by atoms with van der Waals surface area (Å²) in [7, 11) is 0. The number of nitrogens with one attached hydrogen (secondary N) is 1. The lowest BCUT2D eigenvalue weighted by Gasteiger charge is -2.27. The average Bonchev–Trinajstić information content (AvgIpc) is 2.87. The average molecular weight is 273 g/mol. The van der Waals surface area contributed by atoms with E-state index < -0.39 is 0 Å². The molecule has 1 aliphatic heterocycles. The van der Waals surface area contributed by atoms with Crippen LogP contribution in [0.3, 0.4) is 0 Å². The highest BCUT2D eigenvalue weighted by Gasteiger charge is 2.40. The molecule has 2 aromatic rings. The maximum atomic E-state index is 6.05. The van der Waals surface area contributed by atoms with Crippen LogP contribution in [0.1, 0.15) is 36.6 Å². The second kappa shape index (κ2) is 4.66. The van der Waals surface area contributed by atoms with Crippen molar-refractivity contribution in [2.45, 2.75) is 39.0 Å². The smallest absolute Gasteiger partial charge is 0.125 e. The molecule has 0 amide bonds. The number of ether oxygens (including phenoxy) is 1. The molecule has 2 heterocycles. The van der Waals surface area contributed by atoms with E-state index >= 15 is 0 Å². The SMILES string of the molecule is Cc1cscc1CNC1c2ccccc2OC1(C)C. The number of para-hydroxylation sites is 1. The van der Waals surface area contributed by atoms with Crippen LogP contribution in [0.25, 0.3) is 0 Å². The second-order valence-electron chi connectivity index (χ2n) is 5.64. The van der Waals surface area contributed by atoms with E-state index in [0.29, 0.717) is 0 Å². The quantitative estimate of drug-likeness (QED) is 0.910. The van der Waals surface area contributed by atoms with Crippen molar-refractivity contribution in [2.24, 2.45) is 0 Å². The molecule has 1 atom stereocenters. The van der Waals surface area contributed by atoms with Gasteiger partial charge in [0.05, 0.1) is 6.04 Å². The van der Waals surface area contributed by atoms with Gasteiger partial charge in [0.25, 0.3) is 0 Å². The van der Waals surface area contributed by atoms with Crippen molar-refractivity contribution < 1.29 is 4.74 Å². The zero-order valence-electron chi connectivity index (χ0n) is 11.6. The highest BCUT2D eigenvalue weighted by atomic mass is 32.1. The van der Waals surface area contributed by atoms with E-state index in [1.54, 1.807) is 11.3 Å². The van der Waals surface area contributed by atoms with Crippen molar-refractivity contribution in [3.05, 3.63) is 51.7 Å². The molecule has 1 aromatic carbocycles. The van der Waals surface area contributed by atoms with E-state index in [9.17, 15) is 0 Å². The molecule has 0 radical (unpaired) electrons. The molecule has 1 aliphatic rings. The van der Waals surface area contributed by atoms with Gasteiger partial charge in [-0.25, -0.2) is 0 Å². The molecule has 0 spiro atoms. The first-order valence-electron chi connectivity index (χ1n) is 6.61. The molecule has 0 saturated carbocycles. The maximum absolute atomic E-state index is 6.05. The fraction of sp³-hybridized carbons (Fsp3) is 0.375. The van der Waals surface area contributed by atoms with Crippen LogP contribution < -0.4 is 10.1 Å². The third kappa shape index (κ3) is 2.28. The summed E-state index contributed by atoms with van der Waals surface area (Å²) < 4.78 is 6.05. The minimum absolute atomic E-state index is 0.201. The van der Waals surface area contributed by atoms with E-state index in [2.05, 4.69) is 55.0 Å². The largest absolute Gasteiger partial charge is 0.486 e. The molecule has 0 bridgehead atoms. The van der Waals surface area contributed by atoms with E-state index in [-0.39, 0.29) is 11.6 Å². The molecule has 19 heavy (non-hydrogen) atoms. The zero-order chi connectivity index (χ0) is 13.5. The van der Waals surface area contributed by atoms with Gasteiger partial charge >= 0.3 is 0 Å². The molecule has 1 N–H and O–H groups in total. The third-order valence-corrected chi connectivity index (χ3v) is 4.67. The summed E-state index contributed by atoms with van der Waals surface area (Å²) in [6.07, 6.45) is 0. The first-order chi connectivity index (χ1) is 9.08. The van der Waals surface area contributed by atoms with Crippen LogP contribution in [0.2, 0.25) is 0 Å². The fourth-order valence-electron chi connectivity index (χ4n) is 2.66. The summed E-state index contributed by atoms with van der Waals surface area (Å²) in [4.78, 5) is 0. The molecular weight excluding hydrogens is 254 g/mol. The van der Waals surface area contributed by atoms with Gasteiger partial charge in [-0.2, -0.15) is 11.3 Å². The van der Waals surface area contributed by atoms with Crippen molar-refractivity contribution in [2.75, 3.05) is 0 Å². The number of fused-ring (bicyclic) bond motifs is 1. The number of benzene rings is 1. The van der Waals surface area contributed by atoms with E-state index in [0.717, 1.165) is 12.3 Å². The van der Waals surface area contributed by atoms with Gasteiger partial charge in [0.2, 0.25) is 0 Å². The lowest BCUT2D eigenvalue weighted by molar-refractivity contribution is 0.0958. The Morgan fingerprint density at radius 2 is 2.05 bits per heavy atom. The van der Waals surface area contributed by atoms with Crippen molar-refractivity contribution in [3.8, 4) is 5.75 Å². The van der Waals surface area contributed by atoms with Gasteiger partial charge in [-0.15, -0.1) is 0 Å². The molecule has 100 valence electrons. The third-order valence-electron chi connectivity index (χ3n) is 3.76. The van der Waals surface area contributed by atoms with Crippen molar-refractivity contribution in [1.82, 2.24) is 5.32 Å². The molecule has 0 fully saturated rings. The summed E-state index contributed by atoms with van der Waals surface area (Å²) in [5, 5.41) is 8.07. The van der Waals surface area contributed by atoms with Gasteiger partial charge in [0.1, 0.15) is 11.4 Å². The van der Waals surface area contributed by atoms with E-state index in [1.165, 1.54) is 16.7 Å². The Morgan fingerprint density at radius 3 is 2.79 bits per heavy atom. The predicted octanol–water partition coefficient (Wildman–Crippen LogP) is 4.06. The first kappa shape index (κ1) is 12.7. The Bertz CT molecular complexity index is 588. The predicted molar refractivity (Wildman–Crippen MR) is 79.8 cm³/mol. The Hall–Kier alpha value is -1.32. The van der Waals surface area contributed by atoms with Crippen LogP contribution in [-0.2, 0) is 6.54 Å². The molecule has 1 aromatic heterocycles. The van der Waals surface area contributed by atoms with Crippen LogP contribution in [0.5, 0.6) is 5.75 Å². The lowest BCUT2D eigenvalue weighted by atomic mass is 9.94. The number of thiophene rings is 1. The topological polar surface area (TPSA) is 21.3 Å². The van der Waals surface area contributed by atoms with Crippen LogP contribution in [0.15, 0.2) is 35.0 Å². The standard InChI is InChI=1S/C16H19NOS/c1-11-9-19-10-12(11)8-17-15-13-6-4-5-7-14(13)18-16(15,2)3/h4-7,9-10,15,17H,8H2,1-3H3. The normalized spacial score (nSPS) is 20.1. The van der Waals surface area contributed by atoms with Crippen molar-refractivity contribution in [3.63, 3.8) is 0 Å². The molecular formula is C16H19NOS. The number of hydrogen-bond acceptors (Lipinski definition) is 3. The number of hydrogen-bond donors (Lipinski definition) is 1. The zero-order valence-corrected chi connectivity index (χ0v) is 12.4. The van der Waals surface area contributed by atoms with E-state index in [1.807, 2.05) is 6.07 Å². The molecule has 3 rings (SSSR count). The molecule has 1 unspecified atom stereocenters. The van der Waals surface area contributed by atoms with Gasteiger partial charge in [0.15, 0.2) is 0 Å². The van der Waals surface area contributed by atoms with Gasteiger partial charge in [-0.1, -0.05) is 18.2 Å². The van der Waals surface area contributed by atoms with Gasteiger partial charge in [0, 0.05) is 12.1 Å². The monoisotopic (exact) mass is 273 g/mol. The van der Waals surface area contributed by atoms with Gasteiger partial charge in [-0.05, 0) is 48.7 Å². The van der Waals surface area contributed by atoms with Crippen molar-refractivity contribution >= 4 is 11.3 Å². The molecule has 3 heteroatoms. The summed E-state index contributed by atoms with van der Waals surface area (Å²) in [5.74, 6) is 1.01. The Kier molecular flexibility index (Phi) is 3.11. The van der Waals surface area contributed by atoms with Crippen LogP contribution in [0, 0.1) is 6.92 Å². The van der Waals surface area contributed by atoms with Crippen molar-refractivity contribution in [1.29, 1.82) is 0 Å². The molecule has 2 nitrogen and oxygen atoms in total. The first-order valence-corrected chi connectivity index (χ1v) is 7.55. The van der Waals surface area contributed by atoms with Crippen LogP contribution in [0.4, 0.5) is 0 Å². The molecule has 0 aliphatic carbocycles. The van der Waals surface area contributed by atoms with Gasteiger partial charge < -0.3 is 10.1 Å². The Labute approximate surface area is 118 Å². The van der Waals surface area contributed by atoms with Crippen LogP contribution >= 0.6 is 11.3 Å². The second-order valence-corrected chi connectivity index (χ2v) is 6.38. The minimum Gasteiger partial charge on any atom is -0.486 e. The summed E-state index contributed by atoms with van der Waals surface area (Å²) >= 11 is 1.76. The minimum atomic E-state index is -0.201. The number of rotatable bonds is 3. The summed E-state index contributed by atoms with van der Waals surface area (Å²) in [6, 6.07) is 8.55. The Balaban J connectivity index is 1.82. The van der Waals surface area contributed by atoms with E-state index in [4.69, 9.17) is 4.74 Å². The summed E-state index contributed by atoms with van der Waals surface area (Å²) in [6.45, 7) is 7.34. The number of aryl methyl sites for hydroxylation is 1.